The fraction of sp³-hybridized carbons (Fsp3) is 0.333. The van der Waals surface area contributed by atoms with Crippen LogP contribution < -0.4 is 5.19 Å². The molecule has 12 heavy (non-hydrogen) atoms. The normalized spacial score (nSPS) is 11.8. The van der Waals surface area contributed by atoms with E-state index in [-0.39, 0.29) is 5.82 Å². The Morgan fingerprint density at radius 3 is 2.25 bits per heavy atom. The van der Waals surface area contributed by atoms with E-state index < -0.39 is 8.07 Å². The molecule has 0 amide bonds. The molecule has 0 saturated carbocycles. The number of hydrogen-bond acceptors (Lipinski definition) is 0. The Bertz CT molecular complexity index is 291. The fourth-order valence-corrected chi connectivity index (χ4v) is 3.41. The first-order chi connectivity index (χ1) is 5.41. The molecule has 0 fully saturated rings. The van der Waals surface area contributed by atoms with Gasteiger partial charge in [-0.15, -0.1) is 0 Å². The molecule has 0 bridgehead atoms. The third-order valence-corrected chi connectivity index (χ3v) is 4.25. The molecule has 3 heteroatoms. The summed E-state index contributed by atoms with van der Waals surface area (Å²) in [4.78, 5) is 0. The Morgan fingerprint density at radius 1 is 1.25 bits per heavy atom. The van der Waals surface area contributed by atoms with Crippen molar-refractivity contribution >= 4 is 24.9 Å². The van der Waals surface area contributed by atoms with E-state index in [0.29, 0.717) is 5.02 Å². The smallest absolute Gasteiger partial charge is 0.123 e. The molecule has 0 spiro atoms. The number of benzene rings is 1. The third kappa shape index (κ3) is 2.08. The molecule has 0 aliphatic heterocycles. The number of hydrogen-bond donors (Lipinski definition) is 0. The molecule has 1 aromatic carbocycles. The van der Waals surface area contributed by atoms with E-state index in [9.17, 15) is 4.39 Å². The van der Waals surface area contributed by atoms with Crippen molar-refractivity contribution in [2.45, 2.75) is 19.6 Å². The second-order valence-electron chi connectivity index (χ2n) is 3.87. The van der Waals surface area contributed by atoms with Gasteiger partial charge in [0.2, 0.25) is 0 Å². The second-order valence-corrected chi connectivity index (χ2v) is 9.32. The van der Waals surface area contributed by atoms with Crippen molar-refractivity contribution in [1.29, 1.82) is 0 Å². The van der Waals surface area contributed by atoms with Crippen LogP contribution in [-0.4, -0.2) is 8.07 Å². The average molecular weight is 203 g/mol. The lowest BCUT2D eigenvalue weighted by Gasteiger charge is -2.17. The van der Waals surface area contributed by atoms with E-state index in [0.717, 1.165) is 5.19 Å². The third-order valence-electron chi connectivity index (χ3n) is 1.74. The molecule has 0 heterocycles. The first-order valence-electron chi connectivity index (χ1n) is 3.87. The van der Waals surface area contributed by atoms with Gasteiger partial charge in [0.25, 0.3) is 0 Å². The topological polar surface area (TPSA) is 0 Å². The predicted molar refractivity (Wildman–Crippen MR) is 54.4 cm³/mol. The molecule has 1 aromatic rings. The first-order valence-corrected chi connectivity index (χ1v) is 7.74. The summed E-state index contributed by atoms with van der Waals surface area (Å²) >= 11 is 5.95. The van der Waals surface area contributed by atoms with Crippen molar-refractivity contribution in [3.63, 3.8) is 0 Å². The average Bonchev–Trinajstić information content (AvgIpc) is 1.92. The zero-order chi connectivity index (χ0) is 9.35. The maximum Gasteiger partial charge on any atom is 0.123 e. The molecule has 66 valence electrons. The van der Waals surface area contributed by atoms with Crippen LogP contribution in [0.2, 0.25) is 24.7 Å². The lowest BCUT2D eigenvalue weighted by Crippen LogP contribution is -2.38. The van der Waals surface area contributed by atoms with E-state index in [1.165, 1.54) is 6.07 Å². The highest BCUT2D eigenvalue weighted by molar-refractivity contribution is 6.90. The summed E-state index contributed by atoms with van der Waals surface area (Å²) in [5.74, 6) is -0.197. The highest BCUT2D eigenvalue weighted by Crippen LogP contribution is 2.13. The molecular formula is C9H12ClFSi. The summed E-state index contributed by atoms with van der Waals surface area (Å²) < 4.78 is 12.8. The molecule has 1 rings (SSSR count). The summed E-state index contributed by atoms with van der Waals surface area (Å²) in [6.07, 6.45) is 0. The van der Waals surface area contributed by atoms with Gasteiger partial charge in [-0.1, -0.05) is 31.2 Å². The zero-order valence-electron chi connectivity index (χ0n) is 7.49. The highest BCUT2D eigenvalue weighted by Gasteiger charge is 2.19. The lowest BCUT2D eigenvalue weighted by molar-refractivity contribution is 0.629. The van der Waals surface area contributed by atoms with Crippen LogP contribution in [0.3, 0.4) is 0 Å². The van der Waals surface area contributed by atoms with Gasteiger partial charge < -0.3 is 0 Å². The molecule has 0 radical (unpaired) electrons. The van der Waals surface area contributed by atoms with Gasteiger partial charge in [-0.2, -0.15) is 0 Å². The van der Waals surface area contributed by atoms with E-state index in [2.05, 4.69) is 19.6 Å². The van der Waals surface area contributed by atoms with Gasteiger partial charge in [0, 0.05) is 5.02 Å². The van der Waals surface area contributed by atoms with Gasteiger partial charge in [0.05, 0.1) is 8.07 Å². The summed E-state index contributed by atoms with van der Waals surface area (Å²) in [5.41, 5.74) is 0. The molecular weight excluding hydrogens is 191 g/mol. The Kier molecular flexibility index (Phi) is 2.59. The van der Waals surface area contributed by atoms with Crippen molar-refractivity contribution in [2.24, 2.45) is 0 Å². The van der Waals surface area contributed by atoms with Crippen molar-refractivity contribution < 1.29 is 4.39 Å². The molecule has 0 unspecified atom stereocenters. The Balaban J connectivity index is 3.23. The minimum absolute atomic E-state index is 0.197. The number of rotatable bonds is 1. The van der Waals surface area contributed by atoms with E-state index >= 15 is 0 Å². The maximum absolute atomic E-state index is 12.8. The fourth-order valence-electron chi connectivity index (χ4n) is 1.07. The minimum atomic E-state index is -1.48. The van der Waals surface area contributed by atoms with E-state index in [1.807, 2.05) is 0 Å². The number of halogens is 2. The SMILES string of the molecule is C[Si](C)(C)c1cc(F)ccc1Cl. The molecule has 0 nitrogen and oxygen atoms in total. The van der Waals surface area contributed by atoms with Crippen LogP contribution in [0, 0.1) is 5.82 Å². The van der Waals surface area contributed by atoms with Crippen LogP contribution in [0.15, 0.2) is 18.2 Å². The Morgan fingerprint density at radius 2 is 1.83 bits per heavy atom. The van der Waals surface area contributed by atoms with E-state index in [4.69, 9.17) is 11.6 Å². The predicted octanol–water partition coefficient (Wildman–Crippen LogP) is 3.02. The van der Waals surface area contributed by atoms with Crippen molar-refractivity contribution in [2.75, 3.05) is 0 Å². The van der Waals surface area contributed by atoms with E-state index in [1.54, 1.807) is 12.1 Å². The second kappa shape index (κ2) is 3.19. The van der Waals surface area contributed by atoms with Gasteiger partial charge in [-0.05, 0) is 23.4 Å². The van der Waals surface area contributed by atoms with Crippen LogP contribution in [0.25, 0.3) is 0 Å². The minimum Gasteiger partial charge on any atom is -0.207 e. The standard InChI is InChI=1S/C9H12ClFSi/c1-12(2,3)9-6-7(11)4-5-8(9)10/h4-6H,1-3H3. The summed E-state index contributed by atoms with van der Waals surface area (Å²) in [5, 5.41) is 1.68. The molecule has 0 aliphatic rings. The Hall–Kier alpha value is -0.343. The quantitative estimate of drug-likeness (QED) is 0.615. The van der Waals surface area contributed by atoms with Gasteiger partial charge in [-0.25, -0.2) is 4.39 Å². The summed E-state index contributed by atoms with van der Waals surface area (Å²) in [6, 6.07) is 4.57. The molecule has 0 saturated heterocycles. The van der Waals surface area contributed by atoms with Crippen LogP contribution in [0.5, 0.6) is 0 Å². The maximum atomic E-state index is 12.8. The monoisotopic (exact) mass is 202 g/mol. The summed E-state index contributed by atoms with van der Waals surface area (Å²) in [7, 11) is -1.48. The Labute approximate surface area is 78.4 Å². The summed E-state index contributed by atoms with van der Waals surface area (Å²) in [6.45, 7) is 6.44. The zero-order valence-corrected chi connectivity index (χ0v) is 9.24. The van der Waals surface area contributed by atoms with Gasteiger partial charge >= 0.3 is 0 Å². The van der Waals surface area contributed by atoms with Crippen molar-refractivity contribution in [3.05, 3.63) is 29.0 Å². The van der Waals surface area contributed by atoms with Crippen LogP contribution >= 0.6 is 11.6 Å². The van der Waals surface area contributed by atoms with Crippen LogP contribution in [0.1, 0.15) is 0 Å². The van der Waals surface area contributed by atoms with Crippen LogP contribution in [-0.2, 0) is 0 Å². The van der Waals surface area contributed by atoms with Gasteiger partial charge in [-0.3, -0.25) is 0 Å². The lowest BCUT2D eigenvalue weighted by atomic mass is 10.3. The molecule has 0 atom stereocenters. The van der Waals surface area contributed by atoms with Gasteiger partial charge in [0.15, 0.2) is 0 Å². The van der Waals surface area contributed by atoms with Crippen molar-refractivity contribution in [3.8, 4) is 0 Å². The van der Waals surface area contributed by atoms with Crippen LogP contribution in [0.4, 0.5) is 4.39 Å². The van der Waals surface area contributed by atoms with Crippen molar-refractivity contribution in [1.82, 2.24) is 0 Å². The highest BCUT2D eigenvalue weighted by atomic mass is 35.5. The first kappa shape index (κ1) is 9.74. The molecule has 0 aromatic heterocycles. The largest absolute Gasteiger partial charge is 0.207 e. The molecule has 0 N–H and O–H groups in total. The van der Waals surface area contributed by atoms with Gasteiger partial charge in [0.1, 0.15) is 5.82 Å². The molecule has 0 aliphatic carbocycles.